The van der Waals surface area contributed by atoms with Gasteiger partial charge in [0.2, 0.25) is 0 Å². The molecule has 0 unspecified atom stereocenters. The first-order valence-corrected chi connectivity index (χ1v) is 8.55. The Bertz CT molecular complexity index is 404. The molecule has 0 heterocycles. The van der Waals surface area contributed by atoms with Crippen LogP contribution in [0.5, 0.6) is 0 Å². The normalized spacial score (nSPS) is 29.6. The second-order valence-corrected chi connectivity index (χ2v) is 6.32. The van der Waals surface area contributed by atoms with Crippen LogP contribution >= 0.6 is 0 Å². The summed E-state index contributed by atoms with van der Waals surface area (Å²) in [7, 11) is 0. The van der Waals surface area contributed by atoms with Crippen LogP contribution in [-0.2, 0) is 4.79 Å². The Labute approximate surface area is 138 Å². The Kier molecular flexibility index (Phi) is 9.14. The lowest BCUT2D eigenvalue weighted by Crippen LogP contribution is -2.20. The van der Waals surface area contributed by atoms with Gasteiger partial charge in [-0.3, -0.25) is 4.79 Å². The van der Waals surface area contributed by atoms with E-state index in [1.54, 1.807) is 6.08 Å². The van der Waals surface area contributed by atoms with E-state index in [4.69, 9.17) is 5.11 Å². The minimum atomic E-state index is -0.763. The van der Waals surface area contributed by atoms with Gasteiger partial charge in [-0.25, -0.2) is 0 Å². The first-order valence-electron chi connectivity index (χ1n) is 8.55. The highest BCUT2D eigenvalue weighted by Crippen LogP contribution is 2.36. The van der Waals surface area contributed by atoms with Crippen molar-refractivity contribution in [3.8, 4) is 0 Å². The van der Waals surface area contributed by atoms with Crippen LogP contribution in [0.1, 0.15) is 51.9 Å². The van der Waals surface area contributed by atoms with E-state index in [9.17, 15) is 20.1 Å². The van der Waals surface area contributed by atoms with Crippen molar-refractivity contribution in [2.45, 2.75) is 70.2 Å². The van der Waals surface area contributed by atoms with Crippen molar-refractivity contribution in [1.82, 2.24) is 0 Å². The Morgan fingerprint density at radius 1 is 1.22 bits per heavy atom. The molecule has 1 fully saturated rings. The summed E-state index contributed by atoms with van der Waals surface area (Å²) in [6.45, 7) is 1.89. The number of hydrogen-bond acceptors (Lipinski definition) is 4. The molecule has 5 nitrogen and oxygen atoms in total. The summed E-state index contributed by atoms with van der Waals surface area (Å²) in [5.74, 6) is -0.940. The van der Waals surface area contributed by atoms with Crippen molar-refractivity contribution in [1.29, 1.82) is 0 Å². The van der Waals surface area contributed by atoms with Gasteiger partial charge >= 0.3 is 5.97 Å². The van der Waals surface area contributed by atoms with Gasteiger partial charge in [-0.05, 0) is 38.0 Å². The second-order valence-electron chi connectivity index (χ2n) is 6.32. The van der Waals surface area contributed by atoms with E-state index in [1.807, 2.05) is 25.2 Å². The van der Waals surface area contributed by atoms with Crippen LogP contribution in [0.15, 0.2) is 24.3 Å². The van der Waals surface area contributed by atoms with Gasteiger partial charge in [0.05, 0.1) is 18.3 Å². The van der Waals surface area contributed by atoms with Crippen molar-refractivity contribution in [3.63, 3.8) is 0 Å². The Morgan fingerprint density at radius 3 is 2.61 bits per heavy atom. The van der Waals surface area contributed by atoms with Gasteiger partial charge in [-0.2, -0.15) is 0 Å². The highest BCUT2D eigenvalue weighted by molar-refractivity contribution is 5.66. The van der Waals surface area contributed by atoms with Gasteiger partial charge in [0, 0.05) is 18.8 Å². The maximum absolute atomic E-state index is 10.4. The summed E-state index contributed by atoms with van der Waals surface area (Å²) in [4.78, 5) is 10.4. The minimum absolute atomic E-state index is 0.0411. The third-order valence-corrected chi connectivity index (χ3v) is 4.48. The van der Waals surface area contributed by atoms with Gasteiger partial charge in [0.25, 0.3) is 0 Å². The number of rotatable bonds is 10. The zero-order chi connectivity index (χ0) is 17.2. The summed E-state index contributed by atoms with van der Waals surface area (Å²) < 4.78 is 0. The fourth-order valence-corrected chi connectivity index (χ4v) is 3.01. The molecule has 0 radical (unpaired) electrons. The number of carbonyl (C=O) groups is 1. The molecular formula is C18H30O5. The maximum Gasteiger partial charge on any atom is 0.303 e. The van der Waals surface area contributed by atoms with Crippen LogP contribution in [-0.4, -0.2) is 44.7 Å². The Balaban J connectivity index is 2.42. The molecule has 0 saturated heterocycles. The molecule has 5 heteroatoms. The van der Waals surface area contributed by atoms with Gasteiger partial charge in [-0.15, -0.1) is 0 Å². The average Bonchev–Trinajstić information content (AvgIpc) is 2.77. The third kappa shape index (κ3) is 7.29. The largest absolute Gasteiger partial charge is 0.481 e. The molecule has 0 aliphatic heterocycles. The van der Waals surface area contributed by atoms with Crippen LogP contribution in [0.4, 0.5) is 0 Å². The molecule has 0 aromatic heterocycles. The quantitative estimate of drug-likeness (QED) is 0.365. The van der Waals surface area contributed by atoms with E-state index in [1.165, 1.54) is 0 Å². The first-order chi connectivity index (χ1) is 11.0. The van der Waals surface area contributed by atoms with Crippen LogP contribution in [0, 0.1) is 11.8 Å². The van der Waals surface area contributed by atoms with E-state index < -0.39 is 24.3 Å². The number of carboxylic acids is 1. The summed E-state index contributed by atoms with van der Waals surface area (Å²) in [6, 6.07) is 0. The van der Waals surface area contributed by atoms with E-state index in [-0.39, 0.29) is 18.3 Å². The van der Waals surface area contributed by atoms with Crippen molar-refractivity contribution < 1.29 is 25.2 Å². The molecule has 1 rings (SSSR count). The summed E-state index contributed by atoms with van der Waals surface area (Å²) in [5.41, 5.74) is 0. The number of aliphatic hydroxyl groups is 3. The lowest BCUT2D eigenvalue weighted by Gasteiger charge is -2.19. The molecule has 0 bridgehead atoms. The Hall–Kier alpha value is -1.17. The molecule has 5 atom stereocenters. The zero-order valence-electron chi connectivity index (χ0n) is 13.8. The van der Waals surface area contributed by atoms with Crippen molar-refractivity contribution in [3.05, 3.63) is 24.3 Å². The molecule has 1 aliphatic rings. The fraction of sp³-hybridized carbons (Fsp3) is 0.722. The minimum Gasteiger partial charge on any atom is -0.481 e. The Morgan fingerprint density at radius 2 is 1.96 bits per heavy atom. The molecule has 4 N–H and O–H groups in total. The third-order valence-electron chi connectivity index (χ3n) is 4.48. The fourth-order valence-electron chi connectivity index (χ4n) is 3.01. The van der Waals surface area contributed by atoms with E-state index in [0.29, 0.717) is 25.7 Å². The van der Waals surface area contributed by atoms with Crippen LogP contribution < -0.4 is 0 Å². The van der Waals surface area contributed by atoms with Gasteiger partial charge in [0.15, 0.2) is 0 Å². The smallest absolute Gasteiger partial charge is 0.303 e. The van der Waals surface area contributed by atoms with Gasteiger partial charge in [0.1, 0.15) is 0 Å². The summed E-state index contributed by atoms with van der Waals surface area (Å²) >= 11 is 0. The monoisotopic (exact) mass is 326 g/mol. The van der Waals surface area contributed by atoms with Crippen LogP contribution in [0.25, 0.3) is 0 Å². The molecule has 1 aliphatic carbocycles. The molecule has 0 spiro atoms. The average molecular weight is 326 g/mol. The second kappa shape index (κ2) is 10.6. The molecular weight excluding hydrogens is 296 g/mol. The van der Waals surface area contributed by atoms with Crippen LogP contribution in [0.2, 0.25) is 0 Å². The highest BCUT2D eigenvalue weighted by Gasteiger charge is 2.39. The van der Waals surface area contributed by atoms with Gasteiger partial charge < -0.3 is 20.4 Å². The van der Waals surface area contributed by atoms with E-state index in [0.717, 1.165) is 12.8 Å². The molecule has 132 valence electrons. The van der Waals surface area contributed by atoms with E-state index in [2.05, 4.69) is 0 Å². The lowest BCUT2D eigenvalue weighted by molar-refractivity contribution is -0.137. The number of aliphatic carboxylic acids is 1. The van der Waals surface area contributed by atoms with Crippen molar-refractivity contribution in [2.75, 3.05) is 0 Å². The van der Waals surface area contributed by atoms with E-state index >= 15 is 0 Å². The first kappa shape index (κ1) is 19.9. The molecule has 0 amide bonds. The number of allylic oxidation sites excluding steroid dienone is 2. The van der Waals surface area contributed by atoms with Crippen LogP contribution in [0.3, 0.4) is 0 Å². The number of aliphatic hydroxyl groups excluding tert-OH is 3. The van der Waals surface area contributed by atoms with Crippen molar-refractivity contribution in [2.24, 2.45) is 11.8 Å². The summed E-state index contributed by atoms with van der Waals surface area (Å²) in [6.07, 6.45) is 10.2. The number of hydrogen-bond donors (Lipinski definition) is 4. The topological polar surface area (TPSA) is 98.0 Å². The molecule has 23 heavy (non-hydrogen) atoms. The molecule has 1 saturated carbocycles. The van der Waals surface area contributed by atoms with Gasteiger partial charge in [-0.1, -0.05) is 31.2 Å². The highest BCUT2D eigenvalue weighted by atomic mass is 16.4. The van der Waals surface area contributed by atoms with Crippen molar-refractivity contribution >= 4 is 5.97 Å². The number of carboxylic acid groups (broad SMARTS) is 1. The predicted octanol–water partition coefficient (Wildman–Crippen LogP) is 2.26. The zero-order valence-corrected chi connectivity index (χ0v) is 13.8. The summed E-state index contributed by atoms with van der Waals surface area (Å²) in [5, 5.41) is 38.3. The maximum atomic E-state index is 10.4. The molecule has 0 aromatic carbocycles. The standard InChI is InChI=1S/C18H30O5/c1-2-13(19)10-11-15-14(16(20)12-17(15)21)8-6-4-3-5-7-9-18(22)23/h4,6,10-11,13-17,19-21H,2-3,5,7-9,12H2,1H3,(H,22,23)/b6-4-,11-10+/t13-,14-,15+,16+,17-/m0/s1. The molecule has 0 aromatic rings. The number of unbranched alkanes of at least 4 members (excludes halogenated alkanes) is 2. The SMILES string of the molecule is CC[C@H](O)/C=C/[C@@H]1[C@H](C/C=C\CCCCC(=O)O)[C@H](O)C[C@@H]1O. The predicted molar refractivity (Wildman–Crippen MR) is 88.9 cm³/mol. The lowest BCUT2D eigenvalue weighted by atomic mass is 9.89.